The maximum atomic E-state index is 13.6. The van der Waals surface area contributed by atoms with Crippen LogP contribution in [0.25, 0.3) is 6.08 Å². The number of hydrogen-bond acceptors (Lipinski definition) is 3. The summed E-state index contributed by atoms with van der Waals surface area (Å²) in [7, 11) is 0. The minimum absolute atomic E-state index is 0.0640. The number of rotatable bonds is 6. The molecule has 196 valence electrons. The third-order valence-corrected chi connectivity index (χ3v) is 5.84. The van der Waals surface area contributed by atoms with Crippen LogP contribution in [0.5, 0.6) is 0 Å². The molecule has 0 saturated carbocycles. The van der Waals surface area contributed by atoms with Gasteiger partial charge in [-0.15, -0.1) is 0 Å². The zero-order valence-corrected chi connectivity index (χ0v) is 19.3. The molecular weight excluding hydrogens is 503 g/mol. The van der Waals surface area contributed by atoms with Crippen LogP contribution in [0.4, 0.5) is 30.7 Å². The number of morpholine rings is 1. The van der Waals surface area contributed by atoms with Gasteiger partial charge in [-0.3, -0.25) is 4.90 Å². The molecule has 1 heterocycles. The molecule has 1 aliphatic rings. The Balaban J connectivity index is 1.60. The van der Waals surface area contributed by atoms with Crippen LogP contribution in [0, 0.1) is 5.82 Å². The first-order valence-corrected chi connectivity index (χ1v) is 11.3. The number of nitrogens with zero attached hydrogens (tertiary/aromatic N) is 1. The maximum absolute atomic E-state index is 13.6. The monoisotopic (exact) mass is 525 g/mol. The van der Waals surface area contributed by atoms with Crippen molar-refractivity contribution in [1.82, 2.24) is 4.90 Å². The van der Waals surface area contributed by atoms with Gasteiger partial charge in [0, 0.05) is 13.1 Å². The van der Waals surface area contributed by atoms with E-state index in [1.807, 2.05) is 30.3 Å². The number of ether oxygens (including phenoxy) is 2. The van der Waals surface area contributed by atoms with E-state index in [1.165, 1.54) is 12.1 Å². The summed E-state index contributed by atoms with van der Waals surface area (Å²) in [5.41, 5.74) is -1.50. The highest BCUT2D eigenvalue weighted by atomic mass is 19.4. The normalized spacial score (nSPS) is 19.3. The van der Waals surface area contributed by atoms with Crippen molar-refractivity contribution < 1.29 is 40.2 Å². The van der Waals surface area contributed by atoms with Crippen LogP contribution >= 0.6 is 0 Å². The van der Waals surface area contributed by atoms with E-state index in [9.17, 15) is 30.7 Å². The standard InChI is InChI=1S/C27H22F7NO2/c28-23-8-6-20(7-9-23)24-25(37-13-11-35(24)17-18-4-2-1-3-5-18)36-12-10-19-14-21(26(29,30)31)16-22(15-19)27(32,33)34/h1-10,12,14-16,24-25H,11,13,17H2. The predicted octanol–water partition coefficient (Wildman–Crippen LogP) is 7.45. The Bertz CT molecular complexity index is 1180. The van der Waals surface area contributed by atoms with Crippen LogP contribution in [-0.4, -0.2) is 24.3 Å². The predicted molar refractivity (Wildman–Crippen MR) is 122 cm³/mol. The van der Waals surface area contributed by atoms with Crippen LogP contribution in [0.3, 0.4) is 0 Å². The zero-order valence-electron chi connectivity index (χ0n) is 19.3. The first-order valence-electron chi connectivity index (χ1n) is 11.3. The van der Waals surface area contributed by atoms with Crippen LogP contribution in [0.15, 0.2) is 79.1 Å². The van der Waals surface area contributed by atoms with Gasteiger partial charge >= 0.3 is 12.4 Å². The van der Waals surface area contributed by atoms with Gasteiger partial charge in [0.1, 0.15) is 5.82 Å². The first kappa shape index (κ1) is 26.7. The Kier molecular flexibility index (Phi) is 7.89. The van der Waals surface area contributed by atoms with E-state index in [0.29, 0.717) is 30.8 Å². The van der Waals surface area contributed by atoms with Gasteiger partial charge in [0.2, 0.25) is 6.29 Å². The fourth-order valence-corrected chi connectivity index (χ4v) is 4.10. The minimum Gasteiger partial charge on any atom is -0.470 e. The average Bonchev–Trinajstić information content (AvgIpc) is 2.84. The first-order chi connectivity index (χ1) is 17.5. The quantitative estimate of drug-likeness (QED) is 0.247. The lowest BCUT2D eigenvalue weighted by atomic mass is 10.0. The molecule has 3 nitrogen and oxygen atoms in total. The van der Waals surface area contributed by atoms with Crippen molar-refractivity contribution in [2.24, 2.45) is 0 Å². The minimum atomic E-state index is -4.96. The molecule has 0 amide bonds. The molecule has 0 N–H and O–H groups in total. The van der Waals surface area contributed by atoms with Crippen molar-refractivity contribution in [2.75, 3.05) is 13.2 Å². The molecule has 3 aromatic rings. The van der Waals surface area contributed by atoms with Crippen molar-refractivity contribution in [1.29, 1.82) is 0 Å². The van der Waals surface area contributed by atoms with Crippen molar-refractivity contribution in [3.63, 3.8) is 0 Å². The van der Waals surface area contributed by atoms with Gasteiger partial charge in [-0.2, -0.15) is 26.3 Å². The van der Waals surface area contributed by atoms with Crippen LogP contribution in [-0.2, 0) is 28.4 Å². The fraction of sp³-hybridized carbons (Fsp3) is 0.259. The van der Waals surface area contributed by atoms with Gasteiger partial charge in [0.05, 0.1) is 30.0 Å². The zero-order chi connectivity index (χ0) is 26.6. The molecule has 0 spiro atoms. The van der Waals surface area contributed by atoms with E-state index < -0.39 is 41.6 Å². The lowest BCUT2D eigenvalue weighted by Crippen LogP contribution is -2.45. The van der Waals surface area contributed by atoms with Crippen LogP contribution in [0.2, 0.25) is 0 Å². The summed E-state index contributed by atoms with van der Waals surface area (Å²) in [6.45, 7) is 1.30. The molecule has 4 rings (SSSR count). The largest absolute Gasteiger partial charge is 0.470 e. The van der Waals surface area contributed by atoms with E-state index in [1.54, 1.807) is 12.1 Å². The highest BCUT2D eigenvalue weighted by Crippen LogP contribution is 2.37. The summed E-state index contributed by atoms with van der Waals surface area (Å²) in [5, 5.41) is 0. The van der Waals surface area contributed by atoms with E-state index in [4.69, 9.17) is 9.47 Å². The number of hydrogen-bond donors (Lipinski definition) is 0. The van der Waals surface area contributed by atoms with E-state index in [2.05, 4.69) is 4.90 Å². The molecule has 2 unspecified atom stereocenters. The summed E-state index contributed by atoms with van der Waals surface area (Å²) in [6.07, 6.45) is -8.83. The Hall–Kier alpha value is -3.37. The molecule has 0 aromatic heterocycles. The lowest BCUT2D eigenvalue weighted by molar-refractivity contribution is -0.187. The molecule has 0 radical (unpaired) electrons. The smallest absolute Gasteiger partial charge is 0.416 e. The summed E-state index contributed by atoms with van der Waals surface area (Å²) in [6, 6.07) is 16.1. The highest BCUT2D eigenvalue weighted by molar-refractivity contribution is 5.52. The van der Waals surface area contributed by atoms with E-state index in [0.717, 1.165) is 17.9 Å². The van der Waals surface area contributed by atoms with E-state index in [-0.39, 0.29) is 18.2 Å². The van der Waals surface area contributed by atoms with Crippen LogP contribution in [0.1, 0.15) is 33.9 Å². The topological polar surface area (TPSA) is 21.7 Å². The van der Waals surface area contributed by atoms with Gasteiger partial charge in [-0.05, 0) is 53.1 Å². The van der Waals surface area contributed by atoms with E-state index >= 15 is 0 Å². The molecule has 0 aliphatic carbocycles. The molecular formula is C27H22F7NO2. The van der Waals surface area contributed by atoms with Gasteiger partial charge in [0.25, 0.3) is 0 Å². The average molecular weight is 525 g/mol. The second-order valence-electron chi connectivity index (χ2n) is 8.47. The SMILES string of the molecule is Fc1ccc(C2C(OC=Cc3cc(C(F)(F)F)cc(C(F)(F)F)c3)OCCN2Cc2ccccc2)cc1. The lowest BCUT2D eigenvalue weighted by Gasteiger charge is -2.40. The van der Waals surface area contributed by atoms with Crippen molar-refractivity contribution in [3.8, 4) is 0 Å². The van der Waals surface area contributed by atoms with Crippen molar-refractivity contribution in [3.05, 3.63) is 113 Å². The van der Waals surface area contributed by atoms with Gasteiger partial charge in [0.15, 0.2) is 0 Å². The molecule has 10 heteroatoms. The Morgan fingerprint density at radius 2 is 1.49 bits per heavy atom. The molecule has 37 heavy (non-hydrogen) atoms. The molecule has 2 atom stereocenters. The second-order valence-corrected chi connectivity index (χ2v) is 8.47. The number of benzene rings is 3. The number of alkyl halides is 6. The Labute approximate surface area is 208 Å². The van der Waals surface area contributed by atoms with Crippen molar-refractivity contribution >= 4 is 6.08 Å². The van der Waals surface area contributed by atoms with Crippen LogP contribution < -0.4 is 0 Å². The van der Waals surface area contributed by atoms with Gasteiger partial charge < -0.3 is 9.47 Å². The summed E-state index contributed by atoms with van der Waals surface area (Å²) in [5.74, 6) is -0.433. The van der Waals surface area contributed by atoms with Crippen molar-refractivity contribution in [2.45, 2.75) is 31.2 Å². The van der Waals surface area contributed by atoms with Gasteiger partial charge in [-0.25, -0.2) is 4.39 Å². The molecule has 3 aromatic carbocycles. The summed E-state index contributed by atoms with van der Waals surface area (Å²) in [4.78, 5) is 2.05. The second kappa shape index (κ2) is 10.9. The summed E-state index contributed by atoms with van der Waals surface area (Å²) >= 11 is 0. The maximum Gasteiger partial charge on any atom is 0.416 e. The third-order valence-electron chi connectivity index (χ3n) is 5.84. The molecule has 1 saturated heterocycles. The number of halogens is 7. The molecule has 1 aliphatic heterocycles. The Morgan fingerprint density at radius 1 is 0.865 bits per heavy atom. The van der Waals surface area contributed by atoms with Gasteiger partial charge in [-0.1, -0.05) is 42.5 Å². The fourth-order valence-electron chi connectivity index (χ4n) is 4.10. The molecule has 0 bridgehead atoms. The summed E-state index contributed by atoms with van der Waals surface area (Å²) < 4.78 is 104. The molecule has 1 fully saturated rings. The Morgan fingerprint density at radius 3 is 2.08 bits per heavy atom. The third kappa shape index (κ3) is 6.90. The highest BCUT2D eigenvalue weighted by Gasteiger charge is 2.37.